The average molecular weight is 332 g/mol. The SMILES string of the molecule is Cc1cccc(C)c1OCCNc1nc2sccn2c1[N+](=O)[O-]. The second kappa shape index (κ2) is 6.25. The standard InChI is InChI=1S/C15H16N4O3S/c1-10-4-3-5-11(2)12(10)22-8-6-16-13-14(19(20)21)18-7-9-23-15(18)17-13/h3-5,7,9,16H,6,8H2,1-2H3. The van der Waals surface area contributed by atoms with Crippen LogP contribution >= 0.6 is 11.3 Å². The molecule has 3 rings (SSSR count). The summed E-state index contributed by atoms with van der Waals surface area (Å²) in [4.78, 5) is 15.6. The van der Waals surface area contributed by atoms with Gasteiger partial charge in [0, 0.05) is 5.38 Å². The highest BCUT2D eigenvalue weighted by Crippen LogP contribution is 2.28. The van der Waals surface area contributed by atoms with E-state index >= 15 is 0 Å². The molecule has 0 radical (unpaired) electrons. The fourth-order valence-corrected chi connectivity index (χ4v) is 3.13. The molecule has 0 fully saturated rings. The van der Waals surface area contributed by atoms with Crippen LogP contribution in [0.4, 0.5) is 11.6 Å². The fourth-order valence-electron chi connectivity index (χ4n) is 2.42. The smallest absolute Gasteiger partial charge is 0.372 e. The van der Waals surface area contributed by atoms with Crippen molar-refractivity contribution in [1.29, 1.82) is 0 Å². The van der Waals surface area contributed by atoms with Gasteiger partial charge in [0.25, 0.3) is 4.96 Å². The molecule has 1 N–H and O–H groups in total. The quantitative estimate of drug-likeness (QED) is 0.425. The molecule has 1 aromatic carbocycles. The molecule has 3 aromatic rings. The summed E-state index contributed by atoms with van der Waals surface area (Å²) in [7, 11) is 0. The Morgan fingerprint density at radius 3 is 2.83 bits per heavy atom. The van der Waals surface area contributed by atoms with Crippen LogP contribution in [0.1, 0.15) is 11.1 Å². The van der Waals surface area contributed by atoms with Crippen molar-refractivity contribution >= 4 is 27.9 Å². The summed E-state index contributed by atoms with van der Waals surface area (Å²) < 4.78 is 7.25. The van der Waals surface area contributed by atoms with Gasteiger partial charge in [-0.05, 0) is 29.9 Å². The lowest BCUT2D eigenvalue weighted by molar-refractivity contribution is -0.389. The van der Waals surface area contributed by atoms with Gasteiger partial charge in [-0.15, -0.1) is 0 Å². The number of rotatable bonds is 6. The van der Waals surface area contributed by atoms with Gasteiger partial charge in [-0.2, -0.15) is 9.38 Å². The number of hydrogen-bond acceptors (Lipinski definition) is 6. The Kier molecular flexibility index (Phi) is 4.16. The number of anilines is 1. The van der Waals surface area contributed by atoms with Crippen LogP contribution in [-0.4, -0.2) is 27.5 Å². The third kappa shape index (κ3) is 2.98. The molecule has 0 aliphatic heterocycles. The van der Waals surface area contributed by atoms with E-state index in [2.05, 4.69) is 10.3 Å². The van der Waals surface area contributed by atoms with Gasteiger partial charge in [-0.3, -0.25) is 0 Å². The second-order valence-electron chi connectivity index (χ2n) is 5.09. The zero-order valence-electron chi connectivity index (χ0n) is 12.8. The first-order valence-corrected chi connectivity index (χ1v) is 7.98. The van der Waals surface area contributed by atoms with Crippen molar-refractivity contribution in [2.24, 2.45) is 0 Å². The minimum absolute atomic E-state index is 0.0478. The number of aromatic nitrogens is 2. The van der Waals surface area contributed by atoms with Crippen LogP contribution in [0.15, 0.2) is 29.8 Å². The first kappa shape index (κ1) is 15.3. The van der Waals surface area contributed by atoms with E-state index in [0.717, 1.165) is 16.9 Å². The number of hydrogen-bond donors (Lipinski definition) is 1. The second-order valence-corrected chi connectivity index (χ2v) is 5.97. The molecular weight excluding hydrogens is 316 g/mol. The number of aryl methyl sites for hydroxylation is 2. The summed E-state index contributed by atoms with van der Waals surface area (Å²) in [6.07, 6.45) is 1.64. The van der Waals surface area contributed by atoms with Crippen LogP contribution in [0.5, 0.6) is 5.75 Å². The third-order valence-corrected chi connectivity index (χ3v) is 4.22. The molecule has 0 amide bonds. The summed E-state index contributed by atoms with van der Waals surface area (Å²) in [5.41, 5.74) is 2.14. The first-order valence-electron chi connectivity index (χ1n) is 7.10. The van der Waals surface area contributed by atoms with E-state index in [1.807, 2.05) is 32.0 Å². The number of para-hydroxylation sites is 1. The number of nitro groups is 1. The molecule has 0 bridgehead atoms. The minimum Gasteiger partial charge on any atom is -0.491 e. The highest BCUT2D eigenvalue weighted by molar-refractivity contribution is 7.15. The summed E-state index contributed by atoms with van der Waals surface area (Å²) in [6, 6.07) is 5.96. The Bertz CT molecular complexity index is 835. The molecule has 0 atom stereocenters. The largest absolute Gasteiger partial charge is 0.491 e. The lowest BCUT2D eigenvalue weighted by Gasteiger charge is -2.12. The highest BCUT2D eigenvalue weighted by atomic mass is 32.1. The molecule has 0 saturated heterocycles. The Hall–Kier alpha value is -2.61. The molecule has 7 nitrogen and oxygen atoms in total. The summed E-state index contributed by atoms with van der Waals surface area (Å²) >= 11 is 1.36. The van der Waals surface area contributed by atoms with E-state index in [1.165, 1.54) is 15.7 Å². The van der Waals surface area contributed by atoms with E-state index in [-0.39, 0.29) is 11.6 Å². The zero-order chi connectivity index (χ0) is 16.4. The summed E-state index contributed by atoms with van der Waals surface area (Å²) in [5.74, 6) is 1.08. The lowest BCUT2D eigenvalue weighted by Crippen LogP contribution is -2.13. The number of benzene rings is 1. The fraction of sp³-hybridized carbons (Fsp3) is 0.267. The van der Waals surface area contributed by atoms with Crippen LogP contribution in [0.3, 0.4) is 0 Å². The Morgan fingerprint density at radius 1 is 1.39 bits per heavy atom. The highest BCUT2D eigenvalue weighted by Gasteiger charge is 2.23. The maximum absolute atomic E-state index is 11.2. The Labute approximate surface area is 136 Å². The molecule has 0 aliphatic carbocycles. The number of fused-ring (bicyclic) bond motifs is 1. The molecule has 0 aliphatic rings. The van der Waals surface area contributed by atoms with Crippen molar-refractivity contribution in [3.8, 4) is 5.75 Å². The van der Waals surface area contributed by atoms with Gasteiger partial charge in [-0.25, -0.2) is 0 Å². The molecule has 120 valence electrons. The number of nitrogens with one attached hydrogen (secondary N) is 1. The maximum atomic E-state index is 11.2. The monoisotopic (exact) mass is 332 g/mol. The average Bonchev–Trinajstić information content (AvgIpc) is 3.05. The Morgan fingerprint density at radius 2 is 2.13 bits per heavy atom. The van der Waals surface area contributed by atoms with E-state index in [9.17, 15) is 10.1 Å². The van der Waals surface area contributed by atoms with Gasteiger partial charge >= 0.3 is 5.82 Å². The van der Waals surface area contributed by atoms with E-state index in [4.69, 9.17) is 4.74 Å². The van der Waals surface area contributed by atoms with E-state index in [1.54, 1.807) is 11.6 Å². The van der Waals surface area contributed by atoms with Crippen molar-refractivity contribution in [2.45, 2.75) is 13.8 Å². The van der Waals surface area contributed by atoms with Crippen molar-refractivity contribution in [2.75, 3.05) is 18.5 Å². The van der Waals surface area contributed by atoms with Gasteiger partial charge in [-0.1, -0.05) is 29.5 Å². The van der Waals surface area contributed by atoms with Gasteiger partial charge < -0.3 is 20.2 Å². The summed E-state index contributed by atoms with van der Waals surface area (Å²) in [6.45, 7) is 4.81. The first-order chi connectivity index (χ1) is 11.1. The minimum atomic E-state index is -0.429. The van der Waals surface area contributed by atoms with E-state index < -0.39 is 4.92 Å². The predicted octanol–water partition coefficient (Wildman–Crippen LogP) is 3.41. The number of ether oxygens (including phenoxy) is 1. The van der Waals surface area contributed by atoms with Crippen LogP contribution in [0.25, 0.3) is 4.96 Å². The van der Waals surface area contributed by atoms with Crippen molar-refractivity contribution in [3.63, 3.8) is 0 Å². The van der Waals surface area contributed by atoms with Crippen molar-refractivity contribution in [3.05, 3.63) is 51.0 Å². The van der Waals surface area contributed by atoms with E-state index in [0.29, 0.717) is 18.1 Å². The third-order valence-electron chi connectivity index (χ3n) is 3.46. The number of imidazole rings is 1. The molecule has 2 aromatic heterocycles. The molecule has 2 heterocycles. The normalized spacial score (nSPS) is 10.9. The maximum Gasteiger partial charge on any atom is 0.372 e. The molecule has 8 heteroatoms. The Balaban J connectivity index is 1.66. The van der Waals surface area contributed by atoms with Crippen LogP contribution in [0.2, 0.25) is 0 Å². The number of nitrogens with zero attached hydrogens (tertiary/aromatic N) is 3. The summed E-state index contributed by atoms with van der Waals surface area (Å²) in [5, 5.41) is 16.0. The van der Waals surface area contributed by atoms with Gasteiger partial charge in [0.2, 0.25) is 5.82 Å². The predicted molar refractivity (Wildman–Crippen MR) is 89.6 cm³/mol. The molecule has 23 heavy (non-hydrogen) atoms. The van der Waals surface area contributed by atoms with Gasteiger partial charge in [0.05, 0.1) is 6.54 Å². The molecule has 0 unspecified atom stereocenters. The topological polar surface area (TPSA) is 81.7 Å². The molecule has 0 spiro atoms. The number of thiazole rings is 1. The van der Waals surface area contributed by atoms with Crippen LogP contribution in [-0.2, 0) is 0 Å². The lowest BCUT2D eigenvalue weighted by atomic mass is 10.1. The van der Waals surface area contributed by atoms with Crippen LogP contribution < -0.4 is 10.1 Å². The van der Waals surface area contributed by atoms with Crippen molar-refractivity contribution < 1.29 is 9.66 Å². The van der Waals surface area contributed by atoms with Crippen molar-refractivity contribution in [1.82, 2.24) is 9.38 Å². The zero-order valence-corrected chi connectivity index (χ0v) is 13.6. The van der Waals surface area contributed by atoms with Crippen LogP contribution in [0, 0.1) is 24.0 Å². The molecule has 0 saturated carbocycles. The molecular formula is C15H16N4O3S. The van der Waals surface area contributed by atoms with Gasteiger partial charge in [0.15, 0.2) is 0 Å². The van der Waals surface area contributed by atoms with Gasteiger partial charge in [0.1, 0.15) is 18.6 Å².